The summed E-state index contributed by atoms with van der Waals surface area (Å²) >= 11 is 3.35. The van der Waals surface area contributed by atoms with E-state index >= 15 is 0 Å². The molecular formula is C17H19BrN4O2. The van der Waals surface area contributed by atoms with E-state index in [1.807, 2.05) is 31.1 Å². The van der Waals surface area contributed by atoms with Crippen molar-refractivity contribution in [1.82, 2.24) is 15.2 Å². The molecule has 1 heterocycles. The van der Waals surface area contributed by atoms with Crippen LogP contribution in [0.2, 0.25) is 0 Å². The number of nitrogens with one attached hydrogen (secondary N) is 2. The summed E-state index contributed by atoms with van der Waals surface area (Å²) in [6.45, 7) is 1.28. The number of hydrogen-bond acceptors (Lipinski definition) is 4. The number of anilines is 1. The first-order chi connectivity index (χ1) is 11.5. The summed E-state index contributed by atoms with van der Waals surface area (Å²) in [4.78, 5) is 30.4. The van der Waals surface area contributed by atoms with Gasteiger partial charge in [-0.15, -0.1) is 0 Å². The van der Waals surface area contributed by atoms with Crippen LogP contribution in [-0.2, 0) is 0 Å². The predicted molar refractivity (Wildman–Crippen MR) is 97.2 cm³/mol. The van der Waals surface area contributed by atoms with Crippen molar-refractivity contribution in [3.63, 3.8) is 0 Å². The summed E-state index contributed by atoms with van der Waals surface area (Å²) in [7, 11) is 3.87. The number of likely N-dealkylation sites (N-methyl/N-ethyl adjacent to an activating group) is 1. The summed E-state index contributed by atoms with van der Waals surface area (Å²) in [6.07, 6.45) is 1.46. The Morgan fingerprint density at radius 2 is 1.96 bits per heavy atom. The highest BCUT2D eigenvalue weighted by atomic mass is 79.9. The van der Waals surface area contributed by atoms with Crippen LogP contribution in [-0.4, -0.2) is 48.9 Å². The molecule has 1 aromatic heterocycles. The van der Waals surface area contributed by atoms with E-state index in [1.54, 1.807) is 18.2 Å². The molecule has 0 bridgehead atoms. The molecule has 2 amide bonds. The summed E-state index contributed by atoms with van der Waals surface area (Å²) in [5.74, 6) is -0.591. The van der Waals surface area contributed by atoms with Gasteiger partial charge in [-0.25, -0.2) is 0 Å². The standard InChI is InChI=1S/C17H19BrN4O2/c1-22(2)9-8-20-16(23)12-6-7-19-15(10-12)17(24)21-14-5-3-4-13(18)11-14/h3-7,10-11H,8-9H2,1-2H3,(H,20,23)(H,21,24). The predicted octanol–water partition coefficient (Wildman–Crippen LogP) is 2.39. The van der Waals surface area contributed by atoms with Gasteiger partial charge in [-0.3, -0.25) is 14.6 Å². The Hall–Kier alpha value is -2.25. The van der Waals surface area contributed by atoms with Crippen LogP contribution in [0.4, 0.5) is 5.69 Å². The van der Waals surface area contributed by atoms with Crippen LogP contribution >= 0.6 is 15.9 Å². The fraction of sp³-hybridized carbons (Fsp3) is 0.235. The quantitative estimate of drug-likeness (QED) is 0.793. The maximum atomic E-state index is 12.3. The van der Waals surface area contributed by atoms with Crippen molar-refractivity contribution >= 4 is 33.4 Å². The monoisotopic (exact) mass is 390 g/mol. The number of aromatic nitrogens is 1. The van der Waals surface area contributed by atoms with Gasteiger partial charge in [0.15, 0.2) is 0 Å². The van der Waals surface area contributed by atoms with E-state index in [0.717, 1.165) is 11.0 Å². The van der Waals surface area contributed by atoms with Gasteiger partial charge in [-0.05, 0) is 44.4 Å². The highest BCUT2D eigenvalue weighted by Gasteiger charge is 2.12. The van der Waals surface area contributed by atoms with E-state index in [2.05, 4.69) is 31.5 Å². The second-order valence-electron chi connectivity index (χ2n) is 5.45. The molecule has 6 nitrogen and oxygen atoms in total. The largest absolute Gasteiger partial charge is 0.351 e. The molecule has 0 aliphatic heterocycles. The van der Waals surface area contributed by atoms with E-state index < -0.39 is 0 Å². The van der Waals surface area contributed by atoms with Crippen molar-refractivity contribution in [3.05, 3.63) is 58.3 Å². The smallest absolute Gasteiger partial charge is 0.274 e. The Bertz CT molecular complexity index is 734. The summed E-state index contributed by atoms with van der Waals surface area (Å²) < 4.78 is 0.863. The van der Waals surface area contributed by atoms with Crippen molar-refractivity contribution in [2.45, 2.75) is 0 Å². The molecule has 126 valence electrons. The molecule has 24 heavy (non-hydrogen) atoms. The number of halogens is 1. The van der Waals surface area contributed by atoms with Crippen molar-refractivity contribution < 1.29 is 9.59 Å². The first-order valence-corrected chi connectivity index (χ1v) is 8.21. The first-order valence-electron chi connectivity index (χ1n) is 7.41. The average Bonchev–Trinajstić information content (AvgIpc) is 2.54. The van der Waals surface area contributed by atoms with Gasteiger partial charge in [0, 0.05) is 35.0 Å². The maximum absolute atomic E-state index is 12.3. The van der Waals surface area contributed by atoms with Gasteiger partial charge in [0.05, 0.1) is 0 Å². The zero-order valence-corrected chi connectivity index (χ0v) is 15.1. The van der Waals surface area contributed by atoms with Crippen molar-refractivity contribution in [2.75, 3.05) is 32.5 Å². The van der Waals surface area contributed by atoms with Gasteiger partial charge in [0.1, 0.15) is 5.69 Å². The molecule has 0 saturated heterocycles. The minimum atomic E-state index is -0.365. The van der Waals surface area contributed by atoms with Gasteiger partial charge >= 0.3 is 0 Å². The SMILES string of the molecule is CN(C)CCNC(=O)c1ccnc(C(=O)Nc2cccc(Br)c2)c1. The lowest BCUT2D eigenvalue weighted by Gasteiger charge is -2.11. The average molecular weight is 391 g/mol. The molecule has 0 radical (unpaired) electrons. The fourth-order valence-corrected chi connectivity index (χ4v) is 2.35. The second kappa shape index (κ2) is 8.56. The molecule has 0 atom stereocenters. The minimum absolute atomic E-state index is 0.190. The summed E-state index contributed by atoms with van der Waals surface area (Å²) in [5, 5.41) is 5.56. The van der Waals surface area contributed by atoms with E-state index in [4.69, 9.17) is 0 Å². The number of hydrogen-bond donors (Lipinski definition) is 2. The highest BCUT2D eigenvalue weighted by molar-refractivity contribution is 9.10. The van der Waals surface area contributed by atoms with Crippen LogP contribution < -0.4 is 10.6 Å². The lowest BCUT2D eigenvalue weighted by molar-refractivity contribution is 0.0951. The van der Waals surface area contributed by atoms with Crippen molar-refractivity contribution in [1.29, 1.82) is 0 Å². The zero-order chi connectivity index (χ0) is 17.5. The number of pyridine rings is 1. The lowest BCUT2D eigenvalue weighted by atomic mass is 10.2. The fourth-order valence-electron chi connectivity index (χ4n) is 1.95. The van der Waals surface area contributed by atoms with Crippen LogP contribution in [0.1, 0.15) is 20.8 Å². The third kappa shape index (κ3) is 5.43. The van der Waals surface area contributed by atoms with Gasteiger partial charge in [0.25, 0.3) is 11.8 Å². The first kappa shape index (κ1) is 18.1. The van der Waals surface area contributed by atoms with Crippen molar-refractivity contribution in [3.8, 4) is 0 Å². The molecule has 1 aromatic carbocycles. The normalized spacial score (nSPS) is 10.5. The number of rotatable bonds is 6. The van der Waals surface area contributed by atoms with Gasteiger partial charge in [0.2, 0.25) is 0 Å². The van der Waals surface area contributed by atoms with Gasteiger partial charge in [-0.2, -0.15) is 0 Å². The van der Waals surface area contributed by atoms with E-state index in [9.17, 15) is 9.59 Å². The summed E-state index contributed by atoms with van der Waals surface area (Å²) in [6, 6.07) is 10.3. The van der Waals surface area contributed by atoms with Crippen molar-refractivity contribution in [2.24, 2.45) is 0 Å². The Balaban J connectivity index is 2.03. The Labute approximate surface area is 149 Å². The molecule has 0 saturated carbocycles. The zero-order valence-electron chi connectivity index (χ0n) is 13.5. The van der Waals surface area contributed by atoms with E-state index in [-0.39, 0.29) is 17.5 Å². The van der Waals surface area contributed by atoms with Gasteiger partial charge in [-0.1, -0.05) is 22.0 Å². The Kier molecular flexibility index (Phi) is 6.45. The van der Waals surface area contributed by atoms with Crippen LogP contribution in [0.15, 0.2) is 47.1 Å². The maximum Gasteiger partial charge on any atom is 0.274 e. The Morgan fingerprint density at radius 3 is 2.67 bits per heavy atom. The third-order valence-electron chi connectivity index (χ3n) is 3.18. The van der Waals surface area contributed by atoms with E-state index in [0.29, 0.717) is 17.8 Å². The molecule has 7 heteroatoms. The second-order valence-corrected chi connectivity index (χ2v) is 6.37. The number of amides is 2. The molecule has 0 spiro atoms. The van der Waals surface area contributed by atoms with Crippen LogP contribution in [0.25, 0.3) is 0 Å². The van der Waals surface area contributed by atoms with E-state index in [1.165, 1.54) is 12.3 Å². The number of benzene rings is 1. The molecule has 2 rings (SSSR count). The lowest BCUT2D eigenvalue weighted by Crippen LogP contribution is -2.31. The molecule has 0 unspecified atom stereocenters. The summed E-state index contributed by atoms with van der Waals surface area (Å²) in [5.41, 5.74) is 1.25. The minimum Gasteiger partial charge on any atom is -0.351 e. The third-order valence-corrected chi connectivity index (χ3v) is 3.68. The molecule has 0 aliphatic rings. The highest BCUT2D eigenvalue weighted by Crippen LogP contribution is 2.16. The number of carbonyl (C=O) groups excluding carboxylic acids is 2. The number of carbonyl (C=O) groups is 2. The van der Waals surface area contributed by atoms with Crippen LogP contribution in [0, 0.1) is 0 Å². The molecule has 0 aliphatic carbocycles. The molecule has 2 aromatic rings. The number of nitrogens with zero attached hydrogens (tertiary/aromatic N) is 2. The van der Waals surface area contributed by atoms with Crippen LogP contribution in [0.3, 0.4) is 0 Å². The molecule has 2 N–H and O–H groups in total. The van der Waals surface area contributed by atoms with Crippen LogP contribution in [0.5, 0.6) is 0 Å². The topological polar surface area (TPSA) is 74.3 Å². The Morgan fingerprint density at radius 1 is 1.17 bits per heavy atom. The molecular weight excluding hydrogens is 372 g/mol. The van der Waals surface area contributed by atoms with Gasteiger partial charge < -0.3 is 15.5 Å². The molecule has 0 fully saturated rings.